The first-order valence-electron chi connectivity index (χ1n) is 10.8. The van der Waals surface area contributed by atoms with Crippen molar-refractivity contribution in [1.29, 1.82) is 0 Å². The lowest BCUT2D eigenvalue weighted by atomic mass is 10.1. The Kier molecular flexibility index (Phi) is 5.62. The van der Waals surface area contributed by atoms with E-state index in [0.29, 0.717) is 33.8 Å². The molecule has 1 saturated heterocycles. The van der Waals surface area contributed by atoms with Gasteiger partial charge in [-0.25, -0.2) is 13.5 Å². The average Bonchev–Trinajstić information content (AvgIpc) is 3.54. The second kappa shape index (κ2) is 8.75. The number of nitrogens with zero attached hydrogens (tertiary/aromatic N) is 3. The van der Waals surface area contributed by atoms with Gasteiger partial charge in [0.25, 0.3) is 5.91 Å². The van der Waals surface area contributed by atoms with E-state index in [1.165, 1.54) is 24.5 Å². The number of aromatic nitrogens is 2. The number of hydrogen-bond donors (Lipinski definition) is 1. The first kappa shape index (κ1) is 21.8. The molecule has 0 saturated carbocycles. The van der Waals surface area contributed by atoms with Crippen LogP contribution in [0.15, 0.2) is 71.7 Å². The molecule has 1 aliphatic rings. The lowest BCUT2D eigenvalue weighted by Crippen LogP contribution is -2.32. The Bertz CT molecular complexity index is 1320. The summed E-state index contributed by atoms with van der Waals surface area (Å²) in [5.41, 5.74) is 8.99. The Morgan fingerprint density at radius 1 is 1.12 bits per heavy atom. The van der Waals surface area contributed by atoms with Crippen LogP contribution in [-0.4, -0.2) is 33.2 Å². The lowest BCUT2D eigenvalue weighted by Gasteiger charge is -2.23. The maximum atomic E-state index is 14.3. The van der Waals surface area contributed by atoms with E-state index in [2.05, 4.69) is 5.10 Å². The van der Waals surface area contributed by atoms with E-state index in [-0.39, 0.29) is 24.7 Å². The summed E-state index contributed by atoms with van der Waals surface area (Å²) in [6, 6.07) is 12.2. The van der Waals surface area contributed by atoms with E-state index in [9.17, 15) is 13.6 Å². The molecule has 1 amide bonds. The van der Waals surface area contributed by atoms with Gasteiger partial charge in [0.15, 0.2) is 6.23 Å². The highest BCUT2D eigenvalue weighted by atomic mass is 19.1. The maximum absolute atomic E-state index is 14.3. The molecule has 0 radical (unpaired) electrons. The Labute approximate surface area is 194 Å². The van der Waals surface area contributed by atoms with Crippen LogP contribution in [0.25, 0.3) is 16.9 Å². The first-order valence-corrected chi connectivity index (χ1v) is 10.8. The topological polar surface area (TPSA) is 86.5 Å². The van der Waals surface area contributed by atoms with Crippen LogP contribution in [0.2, 0.25) is 0 Å². The van der Waals surface area contributed by atoms with Gasteiger partial charge < -0.3 is 19.8 Å². The third-order valence-electron chi connectivity index (χ3n) is 5.84. The molecule has 0 unspecified atom stereocenters. The molecule has 2 aromatic carbocycles. The molecule has 2 atom stereocenters. The van der Waals surface area contributed by atoms with Gasteiger partial charge in [-0.05, 0) is 61.4 Å². The molecule has 34 heavy (non-hydrogen) atoms. The van der Waals surface area contributed by atoms with Crippen molar-refractivity contribution < 1.29 is 22.7 Å². The average molecular weight is 464 g/mol. The van der Waals surface area contributed by atoms with Gasteiger partial charge in [-0.15, -0.1) is 0 Å². The summed E-state index contributed by atoms with van der Waals surface area (Å²) in [5, 5.41) is 4.67. The number of amides is 1. The Balaban J connectivity index is 1.51. The third kappa shape index (κ3) is 4.06. The molecular weight excluding hydrogens is 442 g/mol. The van der Waals surface area contributed by atoms with Crippen LogP contribution in [0.4, 0.5) is 14.5 Å². The van der Waals surface area contributed by atoms with Crippen molar-refractivity contribution >= 4 is 11.6 Å². The smallest absolute Gasteiger partial charge is 0.253 e. The highest BCUT2D eigenvalue weighted by molar-refractivity contribution is 5.83. The number of nitrogens with two attached hydrogens (primary N) is 1. The summed E-state index contributed by atoms with van der Waals surface area (Å²) in [5.74, 6) is -0.972. The molecule has 1 fully saturated rings. The summed E-state index contributed by atoms with van der Waals surface area (Å²) in [4.78, 5) is 14.5. The molecular formula is C25H22F2N4O3. The lowest BCUT2D eigenvalue weighted by molar-refractivity contribution is -0.130. The molecule has 0 bridgehead atoms. The second-order valence-corrected chi connectivity index (χ2v) is 8.13. The number of carbonyl (C=O) groups is 1. The van der Waals surface area contributed by atoms with Crippen molar-refractivity contribution in [2.24, 2.45) is 0 Å². The van der Waals surface area contributed by atoms with E-state index >= 15 is 0 Å². The van der Waals surface area contributed by atoms with Gasteiger partial charge in [-0.2, -0.15) is 5.10 Å². The fourth-order valence-electron chi connectivity index (χ4n) is 4.07. The number of anilines is 1. The van der Waals surface area contributed by atoms with Crippen LogP contribution < -0.4 is 5.73 Å². The zero-order valence-corrected chi connectivity index (χ0v) is 18.3. The predicted molar refractivity (Wildman–Crippen MR) is 121 cm³/mol. The van der Waals surface area contributed by atoms with Crippen LogP contribution in [0.1, 0.15) is 24.3 Å². The molecule has 3 heterocycles. The van der Waals surface area contributed by atoms with E-state index in [1.54, 1.807) is 59.3 Å². The molecule has 0 aliphatic carbocycles. The molecule has 2 N–H and O–H groups in total. The summed E-state index contributed by atoms with van der Waals surface area (Å²) in [6.45, 7) is 1.92. The normalized spacial score (nSPS) is 18.1. The Hall–Kier alpha value is -3.98. The molecule has 2 aromatic heterocycles. The van der Waals surface area contributed by atoms with Crippen LogP contribution in [0.5, 0.6) is 0 Å². The molecule has 4 aromatic rings. The van der Waals surface area contributed by atoms with Crippen molar-refractivity contribution in [1.82, 2.24) is 14.7 Å². The van der Waals surface area contributed by atoms with E-state index in [4.69, 9.17) is 14.9 Å². The minimum Gasteiger partial charge on any atom is -0.472 e. The number of benzene rings is 2. The number of ether oxygens (including phenoxy) is 1. The van der Waals surface area contributed by atoms with Gasteiger partial charge in [0, 0.05) is 29.6 Å². The van der Waals surface area contributed by atoms with Crippen molar-refractivity contribution in [3.63, 3.8) is 0 Å². The van der Waals surface area contributed by atoms with Crippen molar-refractivity contribution in [3.05, 3.63) is 90.0 Å². The quantitative estimate of drug-likeness (QED) is 0.425. The monoisotopic (exact) mass is 464 g/mol. The van der Waals surface area contributed by atoms with Gasteiger partial charge in [-0.3, -0.25) is 4.79 Å². The number of carbonyl (C=O) groups excluding carboxylic acids is 1. The fourth-order valence-corrected chi connectivity index (χ4v) is 4.07. The number of rotatable bonds is 6. The largest absolute Gasteiger partial charge is 0.472 e. The van der Waals surface area contributed by atoms with Gasteiger partial charge in [0.05, 0.1) is 18.2 Å². The number of nitrogen functional groups attached to an aromatic ring is 1. The fraction of sp³-hybridized carbons (Fsp3) is 0.200. The molecule has 0 spiro atoms. The van der Waals surface area contributed by atoms with Gasteiger partial charge in [0.2, 0.25) is 0 Å². The van der Waals surface area contributed by atoms with Crippen molar-refractivity contribution in [3.8, 4) is 16.9 Å². The van der Waals surface area contributed by atoms with E-state index < -0.39 is 18.1 Å². The number of halogens is 2. The maximum Gasteiger partial charge on any atom is 0.253 e. The van der Waals surface area contributed by atoms with Crippen LogP contribution >= 0.6 is 0 Å². The molecule has 174 valence electrons. The van der Waals surface area contributed by atoms with E-state index in [0.717, 1.165) is 0 Å². The Morgan fingerprint density at radius 2 is 1.91 bits per heavy atom. The van der Waals surface area contributed by atoms with Gasteiger partial charge in [-0.1, -0.05) is 6.07 Å². The van der Waals surface area contributed by atoms with E-state index in [1.807, 2.05) is 0 Å². The van der Waals surface area contributed by atoms with Gasteiger partial charge in [0.1, 0.15) is 23.4 Å². The summed E-state index contributed by atoms with van der Waals surface area (Å²) < 4.78 is 40.6. The van der Waals surface area contributed by atoms with Gasteiger partial charge >= 0.3 is 0 Å². The summed E-state index contributed by atoms with van der Waals surface area (Å²) in [7, 11) is 0. The van der Waals surface area contributed by atoms with Crippen LogP contribution in [-0.2, 0) is 16.0 Å². The molecule has 7 nitrogen and oxygen atoms in total. The number of furan rings is 1. The summed E-state index contributed by atoms with van der Waals surface area (Å²) in [6.07, 6.45) is 3.71. The highest BCUT2D eigenvalue weighted by Gasteiger charge is 2.40. The number of hydrogen-bond acceptors (Lipinski definition) is 5. The minimum absolute atomic E-state index is 0.200. The van der Waals surface area contributed by atoms with Crippen LogP contribution in [0, 0.1) is 11.6 Å². The third-order valence-corrected chi connectivity index (χ3v) is 5.84. The zero-order valence-electron chi connectivity index (χ0n) is 18.3. The Morgan fingerprint density at radius 3 is 2.62 bits per heavy atom. The van der Waals surface area contributed by atoms with Crippen molar-refractivity contribution in [2.45, 2.75) is 25.7 Å². The molecule has 9 heteroatoms. The first-order chi connectivity index (χ1) is 16.4. The highest BCUT2D eigenvalue weighted by Crippen LogP contribution is 2.37. The van der Waals surface area contributed by atoms with Crippen molar-refractivity contribution in [2.75, 3.05) is 12.3 Å². The second-order valence-electron chi connectivity index (χ2n) is 8.13. The summed E-state index contributed by atoms with van der Waals surface area (Å²) >= 11 is 0. The van der Waals surface area contributed by atoms with Crippen LogP contribution in [0.3, 0.4) is 0 Å². The minimum atomic E-state index is -0.738. The molecule has 5 rings (SSSR count). The molecule has 1 aliphatic heterocycles. The SMILES string of the molecule is C[C@@H]1O[C@@H](c2cn(-c3ccc(F)cc3)nc2-c2ccoc2)N(CCc2ccc(N)cc2F)C1=O. The predicted octanol–water partition coefficient (Wildman–Crippen LogP) is 4.48. The zero-order chi connectivity index (χ0) is 23.8. The standard InChI is InChI=1S/C25H22F2N4O3/c1-15-24(32)30(10-8-16-2-5-19(28)12-22(16)27)25(34-15)21-13-31(20-6-3-18(26)4-7-20)29-23(21)17-9-11-33-14-17/h2-7,9,11-15,25H,8,10,28H2,1H3/t15-,25-/m0/s1.